The van der Waals surface area contributed by atoms with Crippen molar-refractivity contribution in [3.05, 3.63) is 0 Å². The van der Waals surface area contributed by atoms with E-state index in [2.05, 4.69) is 32.6 Å². The van der Waals surface area contributed by atoms with E-state index in [9.17, 15) is 4.79 Å². The van der Waals surface area contributed by atoms with Crippen molar-refractivity contribution in [2.75, 3.05) is 39.4 Å². The Morgan fingerprint density at radius 3 is 2.19 bits per heavy atom. The Morgan fingerprint density at radius 2 is 1.71 bits per heavy atom. The van der Waals surface area contributed by atoms with Crippen molar-refractivity contribution in [1.29, 1.82) is 0 Å². The average Bonchev–Trinajstić information content (AvgIpc) is 2.47. The molecule has 0 aromatic heterocycles. The molecule has 2 aliphatic heterocycles. The first kappa shape index (κ1) is 18.4. The molecule has 2 heterocycles. The average molecular weight is 298 g/mol. The van der Waals surface area contributed by atoms with Crippen LogP contribution in [0.2, 0.25) is 0 Å². The smallest absolute Gasteiger partial charge is 0.222 e. The number of amides is 1. The molecule has 1 atom stereocenters. The summed E-state index contributed by atoms with van der Waals surface area (Å²) in [4.78, 5) is 16.4. The minimum atomic E-state index is 0.337. The lowest BCUT2D eigenvalue weighted by atomic mass is 10.0. The Hall–Kier alpha value is -0.610. The Balaban J connectivity index is 0.000000491. The normalized spacial score (nSPS) is 21.2. The summed E-state index contributed by atoms with van der Waals surface area (Å²) in [7, 11) is 0. The minimum Gasteiger partial charge on any atom is -0.379 e. The van der Waals surface area contributed by atoms with Gasteiger partial charge in [-0.1, -0.05) is 47.0 Å². The molecule has 4 heteroatoms. The molecule has 1 unspecified atom stereocenters. The number of carbonyl (C=O) groups is 1. The van der Waals surface area contributed by atoms with E-state index in [4.69, 9.17) is 4.74 Å². The number of unbranched alkanes of at least 4 members (excludes halogenated alkanes) is 1. The molecular formula is C17H34N2O2. The number of ether oxygens (including phenoxy) is 1. The SMILES string of the molecule is CCC(C)CC(=O)N1CC(N2CCOCC2)C1.CCCC. The summed E-state index contributed by atoms with van der Waals surface area (Å²) >= 11 is 0. The third-order valence-corrected chi connectivity index (χ3v) is 4.50. The van der Waals surface area contributed by atoms with E-state index >= 15 is 0 Å². The maximum absolute atomic E-state index is 11.9. The van der Waals surface area contributed by atoms with Gasteiger partial charge in [0.25, 0.3) is 0 Å². The van der Waals surface area contributed by atoms with Gasteiger partial charge in [0.1, 0.15) is 0 Å². The van der Waals surface area contributed by atoms with Crippen LogP contribution in [0.5, 0.6) is 0 Å². The Bertz CT molecular complexity index is 283. The van der Waals surface area contributed by atoms with E-state index < -0.39 is 0 Å². The fourth-order valence-corrected chi connectivity index (χ4v) is 2.40. The third kappa shape index (κ3) is 6.35. The number of carbonyl (C=O) groups excluding carboxylic acids is 1. The molecule has 0 bridgehead atoms. The molecule has 2 rings (SSSR count). The lowest BCUT2D eigenvalue weighted by Gasteiger charge is -2.46. The summed E-state index contributed by atoms with van der Waals surface area (Å²) in [6.45, 7) is 14.2. The zero-order chi connectivity index (χ0) is 15.7. The quantitative estimate of drug-likeness (QED) is 0.782. The van der Waals surface area contributed by atoms with E-state index in [0.29, 0.717) is 24.3 Å². The first-order chi connectivity index (χ1) is 10.1. The fourth-order valence-electron chi connectivity index (χ4n) is 2.40. The van der Waals surface area contributed by atoms with Crippen LogP contribution in [0.25, 0.3) is 0 Å². The van der Waals surface area contributed by atoms with Crippen LogP contribution in [0, 0.1) is 5.92 Å². The molecule has 1 amide bonds. The largest absolute Gasteiger partial charge is 0.379 e. The highest BCUT2D eigenvalue weighted by Gasteiger charge is 2.35. The van der Waals surface area contributed by atoms with Crippen LogP contribution in [0.3, 0.4) is 0 Å². The maximum Gasteiger partial charge on any atom is 0.222 e. The molecule has 0 radical (unpaired) electrons. The molecule has 21 heavy (non-hydrogen) atoms. The van der Waals surface area contributed by atoms with Crippen molar-refractivity contribution in [2.45, 2.75) is 59.4 Å². The molecule has 0 aromatic rings. The number of likely N-dealkylation sites (tertiary alicyclic amines) is 1. The molecule has 0 spiro atoms. The summed E-state index contributed by atoms with van der Waals surface area (Å²) in [5.41, 5.74) is 0. The van der Waals surface area contributed by atoms with E-state index in [-0.39, 0.29) is 0 Å². The van der Waals surface area contributed by atoms with Crippen molar-refractivity contribution < 1.29 is 9.53 Å². The third-order valence-electron chi connectivity index (χ3n) is 4.50. The van der Waals surface area contributed by atoms with Gasteiger partial charge in [0.15, 0.2) is 0 Å². The van der Waals surface area contributed by atoms with Crippen molar-refractivity contribution in [3.8, 4) is 0 Å². The van der Waals surface area contributed by atoms with Gasteiger partial charge in [0.05, 0.1) is 13.2 Å². The molecule has 2 saturated heterocycles. The zero-order valence-electron chi connectivity index (χ0n) is 14.4. The summed E-state index contributed by atoms with van der Waals surface area (Å²) < 4.78 is 5.34. The summed E-state index contributed by atoms with van der Waals surface area (Å²) in [5, 5.41) is 0. The van der Waals surface area contributed by atoms with Gasteiger partial charge in [-0.3, -0.25) is 9.69 Å². The monoisotopic (exact) mass is 298 g/mol. The molecule has 0 aromatic carbocycles. The van der Waals surface area contributed by atoms with Gasteiger partial charge in [0.2, 0.25) is 5.91 Å². The second-order valence-electron chi connectivity index (χ2n) is 6.32. The van der Waals surface area contributed by atoms with Gasteiger partial charge in [-0.25, -0.2) is 0 Å². The second-order valence-corrected chi connectivity index (χ2v) is 6.32. The number of hydrogen-bond acceptors (Lipinski definition) is 3. The van der Waals surface area contributed by atoms with E-state index in [1.165, 1.54) is 12.8 Å². The highest BCUT2D eigenvalue weighted by Crippen LogP contribution is 2.19. The van der Waals surface area contributed by atoms with Gasteiger partial charge >= 0.3 is 0 Å². The second kappa shape index (κ2) is 10.2. The number of morpholine rings is 1. The van der Waals surface area contributed by atoms with Crippen molar-refractivity contribution >= 4 is 5.91 Å². The van der Waals surface area contributed by atoms with E-state index in [1.807, 2.05) is 4.90 Å². The standard InChI is InChI=1S/C13H24N2O2.C4H10/c1-3-11(2)8-13(16)15-9-12(10-15)14-4-6-17-7-5-14;1-3-4-2/h11-12H,3-10H2,1-2H3;3-4H2,1-2H3. The first-order valence-electron chi connectivity index (χ1n) is 8.71. The number of nitrogens with zero attached hydrogens (tertiary/aromatic N) is 2. The first-order valence-corrected chi connectivity index (χ1v) is 8.71. The van der Waals surface area contributed by atoms with Crippen molar-refractivity contribution in [2.24, 2.45) is 5.92 Å². The summed E-state index contributed by atoms with van der Waals surface area (Å²) in [5.74, 6) is 0.855. The lowest BCUT2D eigenvalue weighted by Crippen LogP contribution is -2.62. The van der Waals surface area contributed by atoms with Crippen molar-refractivity contribution in [1.82, 2.24) is 9.80 Å². The molecule has 2 aliphatic rings. The molecular weight excluding hydrogens is 264 g/mol. The summed E-state index contributed by atoms with van der Waals surface area (Å²) in [6, 6.07) is 0.583. The van der Waals surface area contributed by atoms with Gasteiger partial charge < -0.3 is 9.64 Å². The van der Waals surface area contributed by atoms with Crippen molar-refractivity contribution in [3.63, 3.8) is 0 Å². The molecule has 0 saturated carbocycles. The lowest BCUT2D eigenvalue weighted by molar-refractivity contribution is -0.141. The van der Waals surface area contributed by atoms with Crippen LogP contribution in [-0.2, 0) is 9.53 Å². The van der Waals surface area contributed by atoms with Gasteiger partial charge in [0, 0.05) is 38.6 Å². The van der Waals surface area contributed by atoms with Crippen LogP contribution in [0.1, 0.15) is 53.4 Å². The van der Waals surface area contributed by atoms with Crippen LogP contribution in [-0.4, -0.2) is 61.1 Å². The maximum atomic E-state index is 11.9. The molecule has 124 valence electrons. The summed E-state index contributed by atoms with van der Waals surface area (Å²) in [6.07, 6.45) is 4.44. The van der Waals surface area contributed by atoms with E-state index in [0.717, 1.165) is 45.8 Å². The molecule has 2 fully saturated rings. The molecule has 0 N–H and O–H groups in total. The fraction of sp³-hybridized carbons (Fsp3) is 0.941. The Morgan fingerprint density at radius 1 is 1.14 bits per heavy atom. The molecule has 4 nitrogen and oxygen atoms in total. The predicted octanol–water partition coefficient (Wildman–Crippen LogP) is 2.77. The van der Waals surface area contributed by atoms with Crippen LogP contribution >= 0.6 is 0 Å². The van der Waals surface area contributed by atoms with Gasteiger partial charge in [-0.2, -0.15) is 0 Å². The van der Waals surface area contributed by atoms with E-state index in [1.54, 1.807) is 0 Å². The predicted molar refractivity (Wildman–Crippen MR) is 87.4 cm³/mol. The highest BCUT2D eigenvalue weighted by atomic mass is 16.5. The van der Waals surface area contributed by atoms with Crippen LogP contribution < -0.4 is 0 Å². The Kier molecular flexibility index (Phi) is 8.93. The number of rotatable bonds is 5. The van der Waals surface area contributed by atoms with Gasteiger partial charge in [-0.05, 0) is 5.92 Å². The minimum absolute atomic E-state index is 0.337. The highest BCUT2D eigenvalue weighted by molar-refractivity contribution is 5.77. The molecule has 0 aliphatic carbocycles. The zero-order valence-corrected chi connectivity index (χ0v) is 14.4. The number of hydrogen-bond donors (Lipinski definition) is 0. The van der Waals surface area contributed by atoms with Gasteiger partial charge in [-0.15, -0.1) is 0 Å². The topological polar surface area (TPSA) is 32.8 Å². The van der Waals surface area contributed by atoms with Crippen LogP contribution in [0.15, 0.2) is 0 Å². The Labute approximate surface area is 130 Å². The van der Waals surface area contributed by atoms with Crippen LogP contribution in [0.4, 0.5) is 0 Å².